The van der Waals surface area contributed by atoms with E-state index in [0.29, 0.717) is 5.92 Å². The molecule has 0 saturated carbocycles. The number of benzene rings is 1. The van der Waals surface area contributed by atoms with Gasteiger partial charge in [0.15, 0.2) is 9.84 Å². The largest absolute Gasteiger partial charge is 0.376 e. The molecule has 1 aliphatic rings. The van der Waals surface area contributed by atoms with E-state index in [2.05, 4.69) is 12.2 Å². The molecule has 1 atom stereocenters. The van der Waals surface area contributed by atoms with Crippen LogP contribution in [0.3, 0.4) is 0 Å². The summed E-state index contributed by atoms with van der Waals surface area (Å²) in [5.41, 5.74) is 0.754. The minimum atomic E-state index is -3.18. The van der Waals surface area contributed by atoms with Gasteiger partial charge in [0.05, 0.1) is 11.4 Å². The molecule has 0 aromatic heterocycles. The number of nitrogens with zero attached hydrogens (tertiary/aromatic N) is 1. The summed E-state index contributed by atoms with van der Waals surface area (Å²) in [6.45, 7) is 4.13. The van der Waals surface area contributed by atoms with Crippen molar-refractivity contribution in [2.75, 3.05) is 31.2 Å². The van der Waals surface area contributed by atoms with Gasteiger partial charge < -0.3 is 10.2 Å². The van der Waals surface area contributed by atoms with Gasteiger partial charge in [0.25, 0.3) is 0 Å². The van der Waals surface area contributed by atoms with Crippen molar-refractivity contribution in [3.63, 3.8) is 0 Å². The first kappa shape index (κ1) is 16.8. The number of carbonyl (C=O) groups excluding carboxylic acids is 1. The molecule has 2 rings (SSSR count). The normalized spacial score (nSPS) is 19.5. The molecule has 0 spiro atoms. The molecule has 0 bridgehead atoms. The van der Waals surface area contributed by atoms with Gasteiger partial charge in [0.1, 0.15) is 0 Å². The van der Waals surface area contributed by atoms with Crippen molar-refractivity contribution in [3.05, 3.63) is 24.3 Å². The van der Waals surface area contributed by atoms with Crippen LogP contribution in [-0.2, 0) is 14.6 Å². The van der Waals surface area contributed by atoms with E-state index in [4.69, 9.17) is 0 Å². The van der Waals surface area contributed by atoms with Crippen molar-refractivity contribution < 1.29 is 13.2 Å². The van der Waals surface area contributed by atoms with Crippen LogP contribution in [0.5, 0.6) is 0 Å². The topological polar surface area (TPSA) is 66.5 Å². The van der Waals surface area contributed by atoms with Gasteiger partial charge in [-0.15, -0.1) is 0 Å². The smallest absolute Gasteiger partial charge is 0.241 e. The maximum Gasteiger partial charge on any atom is 0.241 e. The molecule has 1 heterocycles. The van der Waals surface area contributed by atoms with E-state index >= 15 is 0 Å². The zero-order valence-corrected chi connectivity index (χ0v) is 14.0. The Kier molecular flexibility index (Phi) is 5.45. The number of likely N-dealkylation sites (tertiary alicyclic amines) is 1. The number of amides is 1. The van der Waals surface area contributed by atoms with E-state index in [1.165, 1.54) is 12.7 Å². The van der Waals surface area contributed by atoms with E-state index in [9.17, 15) is 13.2 Å². The van der Waals surface area contributed by atoms with E-state index < -0.39 is 9.84 Å². The van der Waals surface area contributed by atoms with Gasteiger partial charge in [-0.05, 0) is 49.4 Å². The quantitative estimate of drug-likeness (QED) is 0.921. The Labute approximate surface area is 132 Å². The molecular weight excluding hydrogens is 300 g/mol. The Hall–Kier alpha value is -1.56. The minimum absolute atomic E-state index is 0.0984. The number of hydrogen-bond donors (Lipinski definition) is 1. The summed E-state index contributed by atoms with van der Waals surface area (Å²) >= 11 is 0. The molecule has 1 saturated heterocycles. The summed E-state index contributed by atoms with van der Waals surface area (Å²) in [5, 5.41) is 3.07. The van der Waals surface area contributed by atoms with E-state index in [-0.39, 0.29) is 17.3 Å². The molecule has 5 nitrogen and oxygen atoms in total. The highest BCUT2D eigenvalue weighted by Crippen LogP contribution is 2.17. The monoisotopic (exact) mass is 324 g/mol. The van der Waals surface area contributed by atoms with Gasteiger partial charge in [-0.2, -0.15) is 0 Å². The van der Waals surface area contributed by atoms with Crippen molar-refractivity contribution in [1.82, 2.24) is 4.90 Å². The fourth-order valence-corrected chi connectivity index (χ4v) is 3.25. The van der Waals surface area contributed by atoms with Crippen LogP contribution in [0.4, 0.5) is 5.69 Å². The summed E-state index contributed by atoms with van der Waals surface area (Å²) in [7, 11) is -3.18. The van der Waals surface area contributed by atoms with Gasteiger partial charge in [-0.25, -0.2) is 8.42 Å². The van der Waals surface area contributed by atoms with Crippen LogP contribution < -0.4 is 5.32 Å². The molecular formula is C16H24N2O3S. The van der Waals surface area contributed by atoms with Crippen LogP contribution in [0.2, 0.25) is 0 Å². The average molecular weight is 324 g/mol. The second-order valence-corrected chi connectivity index (χ2v) is 8.08. The first-order valence-corrected chi connectivity index (χ1v) is 9.57. The van der Waals surface area contributed by atoms with Crippen LogP contribution >= 0.6 is 0 Å². The maximum atomic E-state index is 12.2. The van der Waals surface area contributed by atoms with Crippen molar-refractivity contribution in [3.8, 4) is 0 Å². The predicted octanol–water partition coefficient (Wildman–Crippen LogP) is 2.15. The van der Waals surface area contributed by atoms with Gasteiger partial charge >= 0.3 is 0 Å². The van der Waals surface area contributed by atoms with Crippen LogP contribution in [0, 0.1) is 5.92 Å². The highest BCUT2D eigenvalue weighted by atomic mass is 32.2. The molecule has 1 unspecified atom stereocenters. The SMILES string of the molecule is CC1CCCN(C(=O)CNc2ccc(S(C)(=O)=O)cc2)CC1. The lowest BCUT2D eigenvalue weighted by Crippen LogP contribution is -2.36. The number of hydrogen-bond acceptors (Lipinski definition) is 4. The Morgan fingerprint density at radius 2 is 1.91 bits per heavy atom. The van der Waals surface area contributed by atoms with Crippen LogP contribution in [-0.4, -0.2) is 45.1 Å². The van der Waals surface area contributed by atoms with Crippen molar-refractivity contribution in [2.24, 2.45) is 5.92 Å². The molecule has 122 valence electrons. The highest BCUT2D eigenvalue weighted by Gasteiger charge is 2.18. The second kappa shape index (κ2) is 7.13. The Bertz CT molecular complexity index is 611. The number of rotatable bonds is 4. The summed E-state index contributed by atoms with van der Waals surface area (Å²) in [4.78, 5) is 14.4. The third kappa shape index (κ3) is 4.73. The summed E-state index contributed by atoms with van der Waals surface area (Å²) in [5.74, 6) is 0.788. The average Bonchev–Trinajstić information content (AvgIpc) is 2.69. The molecule has 0 radical (unpaired) electrons. The van der Waals surface area contributed by atoms with Crippen LogP contribution in [0.15, 0.2) is 29.2 Å². The van der Waals surface area contributed by atoms with Crippen molar-refractivity contribution in [2.45, 2.75) is 31.1 Å². The molecule has 22 heavy (non-hydrogen) atoms. The number of sulfone groups is 1. The number of carbonyl (C=O) groups is 1. The first-order valence-electron chi connectivity index (χ1n) is 7.68. The molecule has 1 aromatic rings. The lowest BCUT2D eigenvalue weighted by molar-refractivity contribution is -0.129. The third-order valence-corrected chi connectivity index (χ3v) is 5.22. The Morgan fingerprint density at radius 1 is 1.23 bits per heavy atom. The third-order valence-electron chi connectivity index (χ3n) is 4.10. The summed E-state index contributed by atoms with van der Waals surface area (Å²) in [6.07, 6.45) is 4.49. The van der Waals surface area contributed by atoms with E-state index in [1.54, 1.807) is 24.3 Å². The van der Waals surface area contributed by atoms with Gasteiger partial charge in [-0.3, -0.25) is 4.79 Å². The first-order chi connectivity index (χ1) is 10.4. The molecule has 0 aliphatic carbocycles. The molecule has 6 heteroatoms. The number of nitrogens with one attached hydrogen (secondary N) is 1. The second-order valence-electron chi connectivity index (χ2n) is 6.07. The molecule has 1 fully saturated rings. The standard InChI is InChI=1S/C16H24N2O3S/c1-13-4-3-10-18(11-9-13)16(19)12-17-14-5-7-15(8-6-14)22(2,20)21/h5-8,13,17H,3-4,9-12H2,1-2H3. The fourth-order valence-electron chi connectivity index (χ4n) is 2.62. The number of anilines is 1. The zero-order valence-electron chi connectivity index (χ0n) is 13.2. The molecule has 1 aromatic carbocycles. The van der Waals surface area contributed by atoms with Crippen LogP contribution in [0.1, 0.15) is 26.2 Å². The highest BCUT2D eigenvalue weighted by molar-refractivity contribution is 7.90. The predicted molar refractivity (Wildman–Crippen MR) is 87.6 cm³/mol. The van der Waals surface area contributed by atoms with E-state index in [0.717, 1.165) is 31.6 Å². The Morgan fingerprint density at radius 3 is 2.55 bits per heavy atom. The van der Waals surface area contributed by atoms with Gasteiger partial charge in [0, 0.05) is 25.0 Å². The lowest BCUT2D eigenvalue weighted by Gasteiger charge is -2.21. The van der Waals surface area contributed by atoms with E-state index in [1.807, 2.05) is 4.90 Å². The molecule has 1 amide bonds. The maximum absolute atomic E-state index is 12.2. The van der Waals surface area contributed by atoms with Gasteiger partial charge in [-0.1, -0.05) is 6.92 Å². The van der Waals surface area contributed by atoms with Crippen LogP contribution in [0.25, 0.3) is 0 Å². The van der Waals surface area contributed by atoms with Crippen molar-refractivity contribution >= 4 is 21.4 Å². The molecule has 1 aliphatic heterocycles. The zero-order chi connectivity index (χ0) is 16.2. The van der Waals surface area contributed by atoms with Gasteiger partial charge in [0.2, 0.25) is 5.91 Å². The summed E-state index contributed by atoms with van der Waals surface area (Å²) < 4.78 is 22.8. The van der Waals surface area contributed by atoms with Crippen molar-refractivity contribution in [1.29, 1.82) is 0 Å². The molecule has 1 N–H and O–H groups in total. The summed E-state index contributed by atoms with van der Waals surface area (Å²) in [6, 6.07) is 6.48. The fraction of sp³-hybridized carbons (Fsp3) is 0.562. The minimum Gasteiger partial charge on any atom is -0.376 e. The lowest BCUT2D eigenvalue weighted by atomic mass is 10.0. The Balaban J connectivity index is 1.88.